The molecule has 17 heavy (non-hydrogen) atoms. The highest BCUT2D eigenvalue weighted by atomic mass is 79.9. The first kappa shape index (κ1) is 12.1. The fraction of sp³-hybridized carbons (Fsp3) is 0.154. The highest BCUT2D eigenvalue weighted by Crippen LogP contribution is 2.26. The lowest BCUT2D eigenvalue weighted by molar-refractivity contribution is 0.282. The van der Waals surface area contributed by atoms with Gasteiger partial charge in [0.05, 0.1) is 6.61 Å². The lowest BCUT2D eigenvalue weighted by Gasteiger charge is -2.20. The molecule has 0 spiro atoms. The van der Waals surface area contributed by atoms with Gasteiger partial charge in [0, 0.05) is 29.0 Å². The molecule has 0 saturated heterocycles. The summed E-state index contributed by atoms with van der Waals surface area (Å²) in [6.07, 6.45) is 1.73. The summed E-state index contributed by atoms with van der Waals surface area (Å²) in [5, 5.41) is 9.35. The third-order valence-electron chi connectivity index (χ3n) is 2.54. The summed E-state index contributed by atoms with van der Waals surface area (Å²) in [5.41, 5.74) is 1.84. The number of anilines is 2. The van der Waals surface area contributed by atoms with Gasteiger partial charge < -0.3 is 10.0 Å². The topological polar surface area (TPSA) is 36.4 Å². The van der Waals surface area contributed by atoms with Crippen molar-refractivity contribution in [2.75, 3.05) is 11.9 Å². The molecule has 2 aromatic rings. The van der Waals surface area contributed by atoms with Crippen LogP contribution >= 0.6 is 15.9 Å². The van der Waals surface area contributed by atoms with E-state index in [2.05, 4.69) is 20.9 Å². The molecule has 88 valence electrons. The van der Waals surface area contributed by atoms with Crippen molar-refractivity contribution in [3.63, 3.8) is 0 Å². The summed E-state index contributed by atoms with van der Waals surface area (Å²) >= 11 is 3.35. The Hall–Kier alpha value is -1.39. The number of benzene rings is 1. The Morgan fingerprint density at radius 2 is 2.00 bits per heavy atom. The fourth-order valence-electron chi connectivity index (χ4n) is 1.67. The number of halogens is 1. The van der Waals surface area contributed by atoms with Crippen LogP contribution < -0.4 is 4.90 Å². The number of para-hydroxylation sites is 1. The average Bonchev–Trinajstić information content (AvgIpc) is 2.39. The molecular formula is C13H13BrN2O. The number of rotatable bonds is 3. The predicted octanol–water partition coefficient (Wildman–Crippen LogP) is 3.10. The van der Waals surface area contributed by atoms with Gasteiger partial charge in [0.25, 0.3) is 0 Å². The van der Waals surface area contributed by atoms with Crippen molar-refractivity contribution in [2.45, 2.75) is 6.61 Å². The van der Waals surface area contributed by atoms with Crippen molar-refractivity contribution in [3.8, 4) is 0 Å². The molecule has 1 aromatic heterocycles. The number of hydrogen-bond donors (Lipinski definition) is 1. The molecule has 0 unspecified atom stereocenters. The summed E-state index contributed by atoms with van der Waals surface area (Å²) in [6, 6.07) is 11.8. The Bertz CT molecular complexity index is 502. The molecule has 0 amide bonds. The van der Waals surface area contributed by atoms with E-state index in [9.17, 15) is 5.11 Å². The van der Waals surface area contributed by atoms with Crippen LogP contribution in [0.1, 0.15) is 5.56 Å². The molecule has 3 nitrogen and oxygen atoms in total. The minimum atomic E-state index is -0.0288. The molecule has 0 fully saturated rings. The van der Waals surface area contributed by atoms with Gasteiger partial charge in [-0.2, -0.15) is 0 Å². The summed E-state index contributed by atoms with van der Waals surface area (Å²) < 4.78 is 0.867. The normalized spacial score (nSPS) is 10.3. The molecular weight excluding hydrogens is 280 g/mol. The lowest BCUT2D eigenvalue weighted by Crippen LogP contribution is -2.13. The van der Waals surface area contributed by atoms with Crippen LogP contribution in [0.4, 0.5) is 11.5 Å². The van der Waals surface area contributed by atoms with E-state index in [-0.39, 0.29) is 6.61 Å². The van der Waals surface area contributed by atoms with E-state index in [1.54, 1.807) is 6.20 Å². The van der Waals surface area contributed by atoms with Crippen LogP contribution in [-0.4, -0.2) is 17.1 Å². The van der Waals surface area contributed by atoms with E-state index >= 15 is 0 Å². The minimum absolute atomic E-state index is 0.0288. The average molecular weight is 293 g/mol. The van der Waals surface area contributed by atoms with Gasteiger partial charge in [0.15, 0.2) is 0 Å². The Morgan fingerprint density at radius 3 is 2.65 bits per heavy atom. The molecule has 0 radical (unpaired) electrons. The fourth-order valence-corrected chi connectivity index (χ4v) is 2.04. The van der Waals surface area contributed by atoms with Crippen molar-refractivity contribution in [2.24, 2.45) is 0 Å². The second kappa shape index (κ2) is 5.29. The maximum Gasteiger partial charge on any atom is 0.138 e. The molecule has 0 aliphatic heterocycles. The van der Waals surface area contributed by atoms with Crippen LogP contribution in [0.5, 0.6) is 0 Å². The number of nitrogens with zero attached hydrogens (tertiary/aromatic N) is 2. The third-order valence-corrected chi connectivity index (χ3v) is 2.97. The number of aliphatic hydroxyl groups is 1. The minimum Gasteiger partial charge on any atom is -0.392 e. The maximum atomic E-state index is 9.35. The quantitative estimate of drug-likeness (QED) is 0.944. The zero-order chi connectivity index (χ0) is 12.3. The molecule has 0 atom stereocenters. The van der Waals surface area contributed by atoms with Gasteiger partial charge in [0.2, 0.25) is 0 Å². The summed E-state index contributed by atoms with van der Waals surface area (Å²) in [4.78, 5) is 6.30. The molecule has 0 bridgehead atoms. The Labute approximate surface area is 109 Å². The Kier molecular flexibility index (Phi) is 3.76. The van der Waals surface area contributed by atoms with Crippen molar-refractivity contribution < 1.29 is 5.11 Å². The van der Waals surface area contributed by atoms with Gasteiger partial charge in [-0.25, -0.2) is 4.98 Å². The van der Waals surface area contributed by atoms with E-state index in [4.69, 9.17) is 0 Å². The summed E-state index contributed by atoms with van der Waals surface area (Å²) in [7, 11) is 1.94. The number of aliphatic hydroxyl groups excluding tert-OH is 1. The molecule has 2 rings (SSSR count). The van der Waals surface area contributed by atoms with E-state index < -0.39 is 0 Å². The number of pyridine rings is 1. The van der Waals surface area contributed by atoms with Crippen molar-refractivity contribution in [3.05, 3.63) is 52.6 Å². The summed E-state index contributed by atoms with van der Waals surface area (Å²) in [6.45, 7) is -0.0288. The van der Waals surface area contributed by atoms with Crippen LogP contribution in [0.2, 0.25) is 0 Å². The van der Waals surface area contributed by atoms with E-state index in [0.29, 0.717) is 0 Å². The Balaban J connectivity index is 2.40. The first-order chi connectivity index (χ1) is 8.22. The first-order valence-electron chi connectivity index (χ1n) is 5.26. The van der Waals surface area contributed by atoms with E-state index in [1.165, 1.54) is 0 Å². The van der Waals surface area contributed by atoms with E-state index in [1.807, 2.05) is 48.3 Å². The molecule has 0 aliphatic rings. The first-order valence-corrected chi connectivity index (χ1v) is 6.05. The smallest absolute Gasteiger partial charge is 0.138 e. The van der Waals surface area contributed by atoms with Crippen LogP contribution in [0.3, 0.4) is 0 Å². The van der Waals surface area contributed by atoms with Crippen LogP contribution in [0.25, 0.3) is 0 Å². The van der Waals surface area contributed by atoms with Crippen molar-refractivity contribution in [1.82, 2.24) is 4.98 Å². The van der Waals surface area contributed by atoms with Crippen molar-refractivity contribution >= 4 is 27.4 Å². The second-order valence-corrected chi connectivity index (χ2v) is 4.60. The van der Waals surface area contributed by atoms with Gasteiger partial charge in [0.1, 0.15) is 5.82 Å². The molecule has 0 aliphatic carbocycles. The number of aromatic nitrogens is 1. The highest BCUT2D eigenvalue weighted by molar-refractivity contribution is 9.10. The van der Waals surface area contributed by atoms with Gasteiger partial charge >= 0.3 is 0 Å². The van der Waals surface area contributed by atoms with Crippen LogP contribution in [0, 0.1) is 0 Å². The van der Waals surface area contributed by atoms with Crippen LogP contribution in [0.15, 0.2) is 47.1 Å². The maximum absolute atomic E-state index is 9.35. The monoisotopic (exact) mass is 292 g/mol. The second-order valence-electron chi connectivity index (χ2n) is 3.69. The van der Waals surface area contributed by atoms with Gasteiger partial charge in [-0.1, -0.05) is 18.2 Å². The highest BCUT2D eigenvalue weighted by Gasteiger charge is 2.10. The lowest BCUT2D eigenvalue weighted by atomic mass is 10.2. The Morgan fingerprint density at radius 1 is 1.29 bits per heavy atom. The largest absolute Gasteiger partial charge is 0.392 e. The van der Waals surface area contributed by atoms with Gasteiger partial charge in [-0.15, -0.1) is 0 Å². The zero-order valence-electron chi connectivity index (χ0n) is 9.47. The van der Waals surface area contributed by atoms with Crippen LogP contribution in [-0.2, 0) is 6.61 Å². The summed E-state index contributed by atoms with van der Waals surface area (Å²) in [5.74, 6) is 0.766. The molecule has 1 heterocycles. The predicted molar refractivity (Wildman–Crippen MR) is 72.4 cm³/mol. The standard InChI is InChI=1S/C13H13BrN2O/c1-16(12-5-3-2-4-6-12)13-10(9-17)7-11(14)8-15-13/h2-8,17H,9H2,1H3. The van der Waals surface area contributed by atoms with Gasteiger partial charge in [-0.05, 0) is 34.1 Å². The molecule has 1 aromatic carbocycles. The number of hydrogen-bond acceptors (Lipinski definition) is 3. The molecule has 4 heteroatoms. The zero-order valence-corrected chi connectivity index (χ0v) is 11.1. The van der Waals surface area contributed by atoms with Crippen molar-refractivity contribution in [1.29, 1.82) is 0 Å². The van der Waals surface area contributed by atoms with Gasteiger partial charge in [-0.3, -0.25) is 0 Å². The molecule has 0 saturated carbocycles. The van der Waals surface area contributed by atoms with E-state index in [0.717, 1.165) is 21.5 Å². The third kappa shape index (κ3) is 2.65. The molecule has 1 N–H and O–H groups in total. The SMILES string of the molecule is CN(c1ccccc1)c1ncc(Br)cc1CO.